The molecule has 1 unspecified atom stereocenters. The number of phosphoric acid groups is 1. The van der Waals surface area contributed by atoms with Crippen LogP contribution in [-0.4, -0.2) is 64.1 Å². The fourth-order valence-electron chi connectivity index (χ4n) is 6.75. The third kappa shape index (κ3) is 44.0. The van der Waals surface area contributed by atoms with Crippen molar-refractivity contribution in [2.45, 2.75) is 232 Å². The van der Waals surface area contributed by atoms with Gasteiger partial charge in [-0.25, -0.2) is 0 Å². The van der Waals surface area contributed by atoms with Gasteiger partial charge in [-0.1, -0.05) is 200 Å². The van der Waals surface area contributed by atoms with Gasteiger partial charge < -0.3 is 27.9 Å². The number of hydrogen-bond donors (Lipinski definition) is 0. The van der Waals surface area contributed by atoms with E-state index in [0.717, 1.165) is 32.1 Å². The SMILES string of the molecule is CCCCCCCCCCCCCCCCCC/C=C\OC[C@H](COP(=O)([O-])OCC[N+](C)(C)C)OC(=O)CCCCCCCCCCCCCCCCC. The number of ether oxygens (including phenoxy) is 2. The summed E-state index contributed by atoms with van der Waals surface area (Å²) in [6.45, 7) is 4.78. The largest absolute Gasteiger partial charge is 0.756 e. The third-order valence-corrected chi connectivity index (χ3v) is 11.4. The smallest absolute Gasteiger partial charge is 0.306 e. The second kappa shape index (κ2) is 39.9. The molecule has 0 aromatic carbocycles. The normalized spacial score (nSPS) is 13.7. The van der Waals surface area contributed by atoms with Crippen molar-refractivity contribution >= 4 is 13.8 Å². The van der Waals surface area contributed by atoms with Gasteiger partial charge in [-0.3, -0.25) is 9.36 Å². The second-order valence-electron chi connectivity index (χ2n) is 17.2. The molecule has 0 radical (unpaired) electrons. The highest BCUT2D eigenvalue weighted by atomic mass is 31.2. The Hall–Kier alpha value is -0.920. The first-order valence-electron chi connectivity index (χ1n) is 23.5. The highest BCUT2D eigenvalue weighted by Crippen LogP contribution is 2.38. The van der Waals surface area contributed by atoms with Crippen LogP contribution in [0, 0.1) is 0 Å². The monoisotopic (exact) mass is 802 g/mol. The van der Waals surface area contributed by atoms with Crippen LogP contribution in [0.2, 0.25) is 0 Å². The molecule has 0 saturated carbocycles. The zero-order valence-corrected chi connectivity index (χ0v) is 38.0. The Morgan fingerprint density at radius 3 is 1.35 bits per heavy atom. The minimum Gasteiger partial charge on any atom is -0.756 e. The number of allylic oxidation sites excluding steroid dienone is 1. The summed E-state index contributed by atoms with van der Waals surface area (Å²) in [5.41, 5.74) is 0. The van der Waals surface area contributed by atoms with E-state index in [1.807, 2.05) is 27.2 Å². The molecule has 0 aromatic heterocycles. The number of rotatable bonds is 44. The average Bonchev–Trinajstić information content (AvgIpc) is 3.13. The minimum absolute atomic E-state index is 0.0204. The van der Waals surface area contributed by atoms with Gasteiger partial charge in [0, 0.05) is 6.42 Å². The first-order chi connectivity index (χ1) is 26.6. The standard InChI is InChI=1S/C46H92NO7P/c1-6-8-10-12-14-16-18-20-22-23-24-26-28-30-32-34-36-38-41-51-43-45(44-53-55(49,50)52-42-40-47(3,4)5)54-46(48)39-37-35-33-31-29-27-25-21-19-17-15-13-11-9-7-2/h38,41,45H,6-37,39-40,42-44H2,1-5H3/b41-38-/t45-/m1/s1. The molecule has 2 atom stereocenters. The van der Waals surface area contributed by atoms with Crippen LogP contribution in [-0.2, 0) is 27.9 Å². The molecule has 0 N–H and O–H groups in total. The van der Waals surface area contributed by atoms with Crippen LogP contribution in [0.4, 0.5) is 0 Å². The van der Waals surface area contributed by atoms with E-state index in [4.69, 9.17) is 18.5 Å². The Morgan fingerprint density at radius 2 is 0.945 bits per heavy atom. The number of carbonyl (C=O) groups is 1. The van der Waals surface area contributed by atoms with Crippen LogP contribution in [0.5, 0.6) is 0 Å². The lowest BCUT2D eigenvalue weighted by Crippen LogP contribution is -2.37. The first kappa shape index (κ1) is 54.1. The van der Waals surface area contributed by atoms with E-state index in [1.165, 1.54) is 173 Å². The summed E-state index contributed by atoms with van der Waals surface area (Å²) in [6, 6.07) is 0. The molecule has 0 bridgehead atoms. The Kier molecular flexibility index (Phi) is 39.2. The molecule has 0 aliphatic carbocycles. The van der Waals surface area contributed by atoms with E-state index in [0.29, 0.717) is 17.4 Å². The molecule has 0 fully saturated rings. The number of nitrogens with zero attached hydrogens (tertiary/aromatic N) is 1. The fourth-order valence-corrected chi connectivity index (χ4v) is 7.48. The topological polar surface area (TPSA) is 94.1 Å². The van der Waals surface area contributed by atoms with Crippen molar-refractivity contribution in [3.05, 3.63) is 12.3 Å². The number of phosphoric ester groups is 1. The second-order valence-corrected chi connectivity index (χ2v) is 18.6. The van der Waals surface area contributed by atoms with Crippen LogP contribution in [0.15, 0.2) is 12.3 Å². The van der Waals surface area contributed by atoms with Crippen molar-refractivity contribution in [1.29, 1.82) is 0 Å². The maximum absolute atomic E-state index is 12.7. The van der Waals surface area contributed by atoms with Gasteiger partial charge in [0.05, 0.1) is 34.0 Å². The molecule has 0 rings (SSSR count). The van der Waals surface area contributed by atoms with E-state index >= 15 is 0 Å². The van der Waals surface area contributed by atoms with Crippen LogP contribution < -0.4 is 4.89 Å². The van der Waals surface area contributed by atoms with Gasteiger partial charge in [-0.05, 0) is 25.3 Å². The highest BCUT2D eigenvalue weighted by molar-refractivity contribution is 7.45. The molecule has 8 nitrogen and oxygen atoms in total. The summed E-state index contributed by atoms with van der Waals surface area (Å²) >= 11 is 0. The third-order valence-electron chi connectivity index (χ3n) is 10.4. The summed E-state index contributed by atoms with van der Waals surface area (Å²) in [5, 5.41) is 0. The Labute approximate surface area is 341 Å². The molecule has 328 valence electrons. The van der Waals surface area contributed by atoms with E-state index in [-0.39, 0.29) is 25.8 Å². The summed E-state index contributed by atoms with van der Waals surface area (Å²) < 4.78 is 34.4. The molecular weight excluding hydrogens is 709 g/mol. The molecule has 0 aliphatic heterocycles. The molecule has 0 amide bonds. The number of esters is 1. The van der Waals surface area contributed by atoms with Crippen molar-refractivity contribution in [2.24, 2.45) is 0 Å². The summed E-state index contributed by atoms with van der Waals surface area (Å²) in [6.07, 6.45) is 44.6. The Balaban J connectivity index is 4.20. The number of likely N-dealkylation sites (N-methyl/N-ethyl adjacent to an activating group) is 1. The fraction of sp³-hybridized carbons (Fsp3) is 0.935. The molecule has 0 aromatic rings. The molecule has 0 aliphatic rings. The van der Waals surface area contributed by atoms with Crippen molar-refractivity contribution in [1.82, 2.24) is 0 Å². The van der Waals surface area contributed by atoms with Gasteiger partial charge in [0.15, 0.2) is 6.10 Å². The molecule has 0 heterocycles. The van der Waals surface area contributed by atoms with Crippen molar-refractivity contribution in [3.63, 3.8) is 0 Å². The van der Waals surface area contributed by atoms with Gasteiger partial charge in [0.25, 0.3) is 7.82 Å². The predicted octanol–water partition coefficient (Wildman–Crippen LogP) is 13.5. The van der Waals surface area contributed by atoms with Crippen LogP contribution in [0.3, 0.4) is 0 Å². The maximum Gasteiger partial charge on any atom is 0.306 e. The van der Waals surface area contributed by atoms with Gasteiger partial charge >= 0.3 is 5.97 Å². The Morgan fingerprint density at radius 1 is 0.564 bits per heavy atom. The summed E-state index contributed by atoms with van der Waals surface area (Å²) in [5.74, 6) is -0.351. The summed E-state index contributed by atoms with van der Waals surface area (Å²) in [4.78, 5) is 25.0. The van der Waals surface area contributed by atoms with Crippen LogP contribution in [0.25, 0.3) is 0 Å². The van der Waals surface area contributed by atoms with Crippen LogP contribution >= 0.6 is 7.82 Å². The van der Waals surface area contributed by atoms with E-state index in [1.54, 1.807) is 6.26 Å². The first-order valence-corrected chi connectivity index (χ1v) is 24.9. The van der Waals surface area contributed by atoms with Gasteiger partial charge in [0.2, 0.25) is 0 Å². The van der Waals surface area contributed by atoms with E-state index in [9.17, 15) is 14.3 Å². The minimum atomic E-state index is -4.53. The number of hydrogen-bond acceptors (Lipinski definition) is 7. The highest BCUT2D eigenvalue weighted by Gasteiger charge is 2.20. The predicted molar refractivity (Wildman–Crippen MR) is 231 cm³/mol. The lowest BCUT2D eigenvalue weighted by atomic mass is 10.0. The zero-order valence-electron chi connectivity index (χ0n) is 37.1. The number of carbonyl (C=O) groups excluding carboxylic acids is 1. The lowest BCUT2D eigenvalue weighted by Gasteiger charge is -2.28. The summed E-state index contributed by atoms with van der Waals surface area (Å²) in [7, 11) is 1.34. The van der Waals surface area contributed by atoms with E-state index in [2.05, 4.69) is 13.8 Å². The number of quaternary nitrogens is 1. The Bertz CT molecular complexity index is 894. The zero-order chi connectivity index (χ0) is 40.6. The molecule has 55 heavy (non-hydrogen) atoms. The molecular formula is C46H92NO7P. The van der Waals surface area contributed by atoms with Crippen molar-refractivity contribution in [2.75, 3.05) is 47.5 Å². The molecule has 0 spiro atoms. The quantitative estimate of drug-likeness (QED) is 0.0199. The van der Waals surface area contributed by atoms with Gasteiger partial charge in [-0.15, -0.1) is 0 Å². The molecule has 0 saturated heterocycles. The van der Waals surface area contributed by atoms with Gasteiger partial charge in [0.1, 0.15) is 19.8 Å². The van der Waals surface area contributed by atoms with E-state index < -0.39 is 13.9 Å². The number of unbranched alkanes of at least 4 members (excludes halogenated alkanes) is 30. The van der Waals surface area contributed by atoms with Gasteiger partial charge in [-0.2, -0.15) is 0 Å². The van der Waals surface area contributed by atoms with Crippen molar-refractivity contribution in [3.8, 4) is 0 Å². The average molecular weight is 802 g/mol. The van der Waals surface area contributed by atoms with Crippen molar-refractivity contribution < 1.29 is 37.3 Å². The molecule has 9 heteroatoms. The lowest BCUT2D eigenvalue weighted by molar-refractivity contribution is -0.870. The maximum atomic E-state index is 12.7. The van der Waals surface area contributed by atoms with Crippen LogP contribution in [0.1, 0.15) is 226 Å².